The molecule has 0 saturated carbocycles. The van der Waals surface area contributed by atoms with Crippen molar-refractivity contribution in [2.75, 3.05) is 19.6 Å². The van der Waals surface area contributed by atoms with Crippen molar-refractivity contribution in [1.82, 2.24) is 4.90 Å². The maximum absolute atomic E-state index is 13.6. The fourth-order valence-electron chi connectivity index (χ4n) is 1.71. The Balaban J connectivity index is 2.48. The molecule has 0 bridgehead atoms. The highest BCUT2D eigenvalue weighted by Crippen LogP contribution is 2.21. The van der Waals surface area contributed by atoms with Gasteiger partial charge in [0.2, 0.25) is 0 Å². The van der Waals surface area contributed by atoms with Crippen molar-refractivity contribution >= 4 is 6.09 Å². The standard InChI is InChI=1S/C11H21FN2O2/c1-11(2,3)16-10(15)14-5-4-8(6-13)9(12)7-14/h8-9H,4-7,13H2,1-3H3/t8-,9+/m0/s1. The van der Waals surface area contributed by atoms with Gasteiger partial charge >= 0.3 is 6.09 Å². The highest BCUT2D eigenvalue weighted by molar-refractivity contribution is 5.68. The summed E-state index contributed by atoms with van der Waals surface area (Å²) in [6, 6.07) is 0. The third kappa shape index (κ3) is 3.63. The van der Waals surface area contributed by atoms with Crippen molar-refractivity contribution < 1.29 is 13.9 Å². The van der Waals surface area contributed by atoms with Gasteiger partial charge in [-0.2, -0.15) is 0 Å². The van der Waals surface area contributed by atoms with E-state index in [2.05, 4.69) is 0 Å². The van der Waals surface area contributed by atoms with Crippen LogP contribution in [0.5, 0.6) is 0 Å². The van der Waals surface area contributed by atoms with Gasteiger partial charge in [0.25, 0.3) is 0 Å². The molecule has 0 aromatic heterocycles. The number of piperidine rings is 1. The zero-order valence-corrected chi connectivity index (χ0v) is 10.2. The van der Waals surface area contributed by atoms with E-state index in [0.717, 1.165) is 0 Å². The average molecular weight is 232 g/mol. The topological polar surface area (TPSA) is 55.6 Å². The van der Waals surface area contributed by atoms with Crippen molar-refractivity contribution in [3.63, 3.8) is 0 Å². The van der Waals surface area contributed by atoms with Gasteiger partial charge in [-0.3, -0.25) is 0 Å². The van der Waals surface area contributed by atoms with Crippen LogP contribution in [0.25, 0.3) is 0 Å². The maximum Gasteiger partial charge on any atom is 0.410 e. The summed E-state index contributed by atoms with van der Waals surface area (Å²) in [6.45, 7) is 6.34. The largest absolute Gasteiger partial charge is 0.444 e. The van der Waals surface area contributed by atoms with Crippen molar-refractivity contribution in [2.45, 2.75) is 39.0 Å². The molecule has 0 unspecified atom stereocenters. The second-order valence-corrected chi connectivity index (χ2v) is 5.23. The summed E-state index contributed by atoms with van der Waals surface area (Å²) in [6.07, 6.45) is -0.867. The van der Waals surface area contributed by atoms with Crippen LogP contribution >= 0.6 is 0 Å². The summed E-state index contributed by atoms with van der Waals surface area (Å²) in [5.41, 5.74) is 4.91. The van der Waals surface area contributed by atoms with Crippen molar-refractivity contribution in [2.24, 2.45) is 11.7 Å². The average Bonchev–Trinajstić information content (AvgIpc) is 2.15. The van der Waals surface area contributed by atoms with Gasteiger partial charge in [0.05, 0.1) is 6.54 Å². The van der Waals surface area contributed by atoms with E-state index in [1.807, 2.05) is 0 Å². The Morgan fingerprint density at radius 1 is 1.56 bits per heavy atom. The molecule has 1 saturated heterocycles. The predicted octanol–water partition coefficient (Wildman–Crippen LogP) is 1.54. The molecule has 1 fully saturated rings. The Labute approximate surface area is 95.9 Å². The minimum Gasteiger partial charge on any atom is -0.444 e. The summed E-state index contributed by atoms with van der Waals surface area (Å²) in [5.74, 6) is -0.126. The van der Waals surface area contributed by atoms with E-state index in [4.69, 9.17) is 10.5 Å². The van der Waals surface area contributed by atoms with Crippen LogP contribution in [0.15, 0.2) is 0 Å². The molecule has 1 aliphatic heterocycles. The van der Waals surface area contributed by atoms with Crippen molar-refractivity contribution in [3.05, 3.63) is 0 Å². The molecular weight excluding hydrogens is 211 g/mol. The molecule has 1 rings (SSSR count). The minimum atomic E-state index is -1.04. The summed E-state index contributed by atoms with van der Waals surface area (Å²) in [4.78, 5) is 13.1. The smallest absolute Gasteiger partial charge is 0.410 e. The van der Waals surface area contributed by atoms with E-state index in [9.17, 15) is 9.18 Å². The number of carbonyl (C=O) groups is 1. The number of hydrogen-bond acceptors (Lipinski definition) is 3. The van der Waals surface area contributed by atoms with Crippen LogP contribution in [-0.4, -0.2) is 42.4 Å². The Kier molecular flexibility index (Phi) is 4.13. The molecular formula is C11H21FN2O2. The van der Waals surface area contributed by atoms with Crippen LogP contribution < -0.4 is 5.73 Å². The van der Waals surface area contributed by atoms with Crippen LogP contribution in [0.2, 0.25) is 0 Å². The van der Waals surface area contributed by atoms with E-state index >= 15 is 0 Å². The number of likely N-dealkylation sites (tertiary alicyclic amines) is 1. The van der Waals surface area contributed by atoms with Crippen LogP contribution in [0.3, 0.4) is 0 Å². The van der Waals surface area contributed by atoms with E-state index in [1.54, 1.807) is 20.8 Å². The van der Waals surface area contributed by atoms with Crippen LogP contribution in [0.4, 0.5) is 9.18 Å². The molecule has 1 heterocycles. The Morgan fingerprint density at radius 3 is 2.62 bits per heavy atom. The van der Waals surface area contributed by atoms with E-state index < -0.39 is 17.9 Å². The molecule has 4 nitrogen and oxygen atoms in total. The van der Waals surface area contributed by atoms with Gasteiger partial charge < -0.3 is 15.4 Å². The third-order valence-electron chi connectivity index (χ3n) is 2.63. The lowest BCUT2D eigenvalue weighted by atomic mass is 9.95. The first-order valence-corrected chi connectivity index (χ1v) is 5.65. The summed E-state index contributed by atoms with van der Waals surface area (Å²) >= 11 is 0. The zero-order chi connectivity index (χ0) is 12.3. The first-order valence-electron chi connectivity index (χ1n) is 5.65. The molecule has 0 aromatic rings. The third-order valence-corrected chi connectivity index (χ3v) is 2.63. The lowest BCUT2D eigenvalue weighted by molar-refractivity contribution is 0.00625. The number of halogens is 1. The molecule has 0 spiro atoms. The molecule has 1 amide bonds. The Bertz CT molecular complexity index is 253. The van der Waals surface area contributed by atoms with Gasteiger partial charge in [-0.1, -0.05) is 0 Å². The molecule has 2 N–H and O–H groups in total. The number of hydrogen-bond donors (Lipinski definition) is 1. The van der Waals surface area contributed by atoms with Crippen LogP contribution in [-0.2, 0) is 4.74 Å². The monoisotopic (exact) mass is 232 g/mol. The molecule has 16 heavy (non-hydrogen) atoms. The summed E-state index contributed by atoms with van der Waals surface area (Å²) in [5, 5.41) is 0. The number of amides is 1. The van der Waals surface area contributed by atoms with Crippen molar-refractivity contribution in [1.29, 1.82) is 0 Å². The minimum absolute atomic E-state index is 0.0940. The number of nitrogens with two attached hydrogens (primary N) is 1. The number of alkyl halides is 1. The lowest BCUT2D eigenvalue weighted by Crippen LogP contribution is -2.48. The quantitative estimate of drug-likeness (QED) is 0.746. The van der Waals surface area contributed by atoms with Gasteiger partial charge in [0.1, 0.15) is 11.8 Å². The normalized spacial score (nSPS) is 26.7. The highest BCUT2D eigenvalue weighted by atomic mass is 19.1. The molecule has 94 valence electrons. The fourth-order valence-corrected chi connectivity index (χ4v) is 1.71. The second-order valence-electron chi connectivity index (χ2n) is 5.23. The van der Waals surface area contributed by atoms with Gasteiger partial charge in [0.15, 0.2) is 0 Å². The van der Waals surface area contributed by atoms with E-state index in [0.29, 0.717) is 19.5 Å². The van der Waals surface area contributed by atoms with E-state index in [-0.39, 0.29) is 12.5 Å². The number of nitrogens with zero attached hydrogens (tertiary/aromatic N) is 1. The predicted molar refractivity (Wildman–Crippen MR) is 59.9 cm³/mol. The van der Waals surface area contributed by atoms with Crippen molar-refractivity contribution in [3.8, 4) is 0 Å². The van der Waals surface area contributed by atoms with Crippen LogP contribution in [0.1, 0.15) is 27.2 Å². The first-order chi connectivity index (χ1) is 7.33. The lowest BCUT2D eigenvalue weighted by Gasteiger charge is -2.35. The second kappa shape index (κ2) is 4.99. The first kappa shape index (κ1) is 13.2. The molecule has 0 aromatic carbocycles. The van der Waals surface area contributed by atoms with Gasteiger partial charge in [-0.15, -0.1) is 0 Å². The zero-order valence-electron chi connectivity index (χ0n) is 10.2. The van der Waals surface area contributed by atoms with E-state index in [1.165, 1.54) is 4.90 Å². The van der Waals surface area contributed by atoms with Gasteiger partial charge in [-0.25, -0.2) is 9.18 Å². The summed E-state index contributed by atoms with van der Waals surface area (Å²) < 4.78 is 18.7. The highest BCUT2D eigenvalue weighted by Gasteiger charge is 2.32. The molecule has 5 heteroatoms. The number of rotatable bonds is 1. The van der Waals surface area contributed by atoms with Gasteiger partial charge in [0, 0.05) is 12.5 Å². The Morgan fingerprint density at radius 2 is 2.19 bits per heavy atom. The van der Waals surface area contributed by atoms with Gasteiger partial charge in [-0.05, 0) is 33.7 Å². The number of carbonyl (C=O) groups excluding carboxylic acids is 1. The summed E-state index contributed by atoms with van der Waals surface area (Å²) in [7, 11) is 0. The number of ether oxygens (including phenoxy) is 1. The molecule has 2 atom stereocenters. The fraction of sp³-hybridized carbons (Fsp3) is 0.909. The molecule has 0 radical (unpaired) electrons. The Hall–Kier alpha value is -0.840. The molecule has 1 aliphatic rings. The molecule has 0 aliphatic carbocycles. The maximum atomic E-state index is 13.6. The SMILES string of the molecule is CC(C)(C)OC(=O)N1CC[C@@H](CN)[C@H](F)C1. The van der Waals surface area contributed by atoms with Crippen LogP contribution in [0, 0.1) is 5.92 Å².